The number of benzene rings is 7. The molecule has 0 N–H and O–H groups in total. The van der Waals surface area contributed by atoms with Crippen molar-refractivity contribution < 1.29 is 4.42 Å². The Bertz CT molecular complexity index is 2710. The molecule has 254 valence electrons. The maximum absolute atomic E-state index is 6.49. The summed E-state index contributed by atoms with van der Waals surface area (Å²) in [6, 6.07) is 57.5. The van der Waals surface area contributed by atoms with Crippen LogP contribution < -0.4 is 4.90 Å². The molecule has 0 radical (unpaired) electrons. The van der Waals surface area contributed by atoms with E-state index in [1.807, 2.05) is 0 Å². The highest BCUT2D eigenvalue weighted by Crippen LogP contribution is 2.49. The normalized spacial score (nSPS) is 15.5. The summed E-state index contributed by atoms with van der Waals surface area (Å²) < 4.78 is 6.49. The molecule has 2 aliphatic rings. The van der Waals surface area contributed by atoms with Gasteiger partial charge in [0.1, 0.15) is 11.2 Å². The van der Waals surface area contributed by atoms with Gasteiger partial charge in [-0.2, -0.15) is 0 Å². The first-order valence-electron chi connectivity index (χ1n) is 18.6. The van der Waals surface area contributed by atoms with Crippen LogP contribution in [0.3, 0.4) is 0 Å². The standard InChI is InChI=1S/C51H39NO/c1-51(2)47-19-10-9-16-43(47)44-30-24-38(33-48(44)51)35-22-28-41(29-23-35)52(39-14-7-4-8-15-39)40-26-20-34(21-27-40)37-25-31-49-46(32-37)45-18-11-17-42(50(45)53-49)36-12-5-3-6-13-36/h3-12,14-33,36H,13H2,1-2H3. The minimum atomic E-state index is -0.0237. The number of hydrogen-bond donors (Lipinski definition) is 0. The van der Waals surface area contributed by atoms with Crippen LogP contribution in [0, 0.1) is 0 Å². The molecule has 0 bridgehead atoms. The van der Waals surface area contributed by atoms with Gasteiger partial charge in [-0.1, -0.05) is 141 Å². The zero-order chi connectivity index (χ0) is 35.5. The number of rotatable bonds is 6. The second-order valence-corrected chi connectivity index (χ2v) is 14.9. The summed E-state index contributed by atoms with van der Waals surface area (Å²) >= 11 is 0. The second kappa shape index (κ2) is 12.4. The van der Waals surface area contributed by atoms with Gasteiger partial charge in [0, 0.05) is 44.7 Å². The first-order valence-corrected chi connectivity index (χ1v) is 18.6. The molecule has 8 aromatic rings. The van der Waals surface area contributed by atoms with Crippen molar-refractivity contribution in [1.29, 1.82) is 0 Å². The van der Waals surface area contributed by atoms with Crippen LogP contribution in [-0.4, -0.2) is 0 Å². The van der Waals surface area contributed by atoms with Crippen LogP contribution in [0.1, 0.15) is 42.9 Å². The highest BCUT2D eigenvalue weighted by atomic mass is 16.3. The number of nitrogens with zero attached hydrogens (tertiary/aromatic N) is 1. The Hall–Kier alpha value is -6.38. The molecule has 1 heterocycles. The summed E-state index contributed by atoms with van der Waals surface area (Å²) in [6.45, 7) is 4.68. The van der Waals surface area contributed by atoms with Gasteiger partial charge in [-0.05, 0) is 106 Å². The quantitative estimate of drug-likeness (QED) is 0.174. The van der Waals surface area contributed by atoms with Crippen LogP contribution >= 0.6 is 0 Å². The molecule has 2 aliphatic carbocycles. The van der Waals surface area contributed by atoms with Crippen molar-refractivity contribution in [3.05, 3.63) is 199 Å². The minimum absolute atomic E-state index is 0.0237. The largest absolute Gasteiger partial charge is 0.456 e. The van der Waals surface area contributed by atoms with Gasteiger partial charge in [0.2, 0.25) is 0 Å². The summed E-state index contributed by atoms with van der Waals surface area (Å²) in [4.78, 5) is 2.33. The predicted octanol–water partition coefficient (Wildman–Crippen LogP) is 14.3. The first kappa shape index (κ1) is 31.4. The van der Waals surface area contributed by atoms with Crippen molar-refractivity contribution in [3.63, 3.8) is 0 Å². The smallest absolute Gasteiger partial charge is 0.139 e. The highest BCUT2D eigenvalue weighted by molar-refractivity contribution is 6.07. The number of anilines is 3. The molecule has 1 unspecified atom stereocenters. The van der Waals surface area contributed by atoms with Crippen LogP contribution in [-0.2, 0) is 5.41 Å². The van der Waals surface area contributed by atoms with Crippen LogP contribution in [0.5, 0.6) is 0 Å². The SMILES string of the molecule is CC1(C)c2ccccc2-c2ccc(-c3ccc(N(c4ccccc4)c4ccc(-c5ccc6oc7c(C8C=CC=CC8)cccc7c6c5)cc4)cc3)cc21. The number of allylic oxidation sites excluding steroid dienone is 4. The summed E-state index contributed by atoms with van der Waals surface area (Å²) in [5.74, 6) is 0.338. The van der Waals surface area contributed by atoms with Gasteiger partial charge in [-0.25, -0.2) is 0 Å². The molecule has 2 nitrogen and oxygen atoms in total. The second-order valence-electron chi connectivity index (χ2n) is 14.9. The van der Waals surface area contributed by atoms with E-state index < -0.39 is 0 Å². The first-order chi connectivity index (χ1) is 26.0. The monoisotopic (exact) mass is 681 g/mol. The zero-order valence-corrected chi connectivity index (χ0v) is 30.0. The molecule has 10 rings (SSSR count). The fourth-order valence-corrected chi connectivity index (χ4v) is 8.62. The molecule has 53 heavy (non-hydrogen) atoms. The highest BCUT2D eigenvalue weighted by Gasteiger charge is 2.35. The number of fused-ring (bicyclic) bond motifs is 6. The molecule has 2 heteroatoms. The van der Waals surface area contributed by atoms with Crippen LogP contribution in [0.25, 0.3) is 55.3 Å². The van der Waals surface area contributed by atoms with Gasteiger partial charge in [-0.15, -0.1) is 0 Å². The lowest BCUT2D eigenvalue weighted by Gasteiger charge is -2.26. The van der Waals surface area contributed by atoms with E-state index in [0.717, 1.165) is 40.0 Å². The third-order valence-electron chi connectivity index (χ3n) is 11.4. The van der Waals surface area contributed by atoms with Crippen molar-refractivity contribution in [2.45, 2.75) is 31.6 Å². The van der Waals surface area contributed by atoms with Gasteiger partial charge in [0.05, 0.1) is 0 Å². The molecular formula is C51H39NO. The van der Waals surface area contributed by atoms with Crippen LogP contribution in [0.15, 0.2) is 186 Å². The number of para-hydroxylation sites is 2. The topological polar surface area (TPSA) is 16.4 Å². The van der Waals surface area contributed by atoms with Crippen molar-refractivity contribution in [2.75, 3.05) is 4.90 Å². The number of hydrogen-bond acceptors (Lipinski definition) is 2. The minimum Gasteiger partial charge on any atom is -0.456 e. The molecule has 0 saturated heterocycles. The zero-order valence-electron chi connectivity index (χ0n) is 30.0. The third kappa shape index (κ3) is 5.25. The molecule has 7 aromatic carbocycles. The summed E-state index contributed by atoms with van der Waals surface area (Å²) in [6.07, 6.45) is 9.77. The fraction of sp³-hybridized carbons (Fsp3) is 0.0980. The lowest BCUT2D eigenvalue weighted by Crippen LogP contribution is -2.14. The Morgan fingerprint density at radius 3 is 1.91 bits per heavy atom. The Morgan fingerprint density at radius 2 is 1.17 bits per heavy atom. The molecule has 0 aliphatic heterocycles. The average Bonchev–Trinajstić information content (AvgIpc) is 3.70. The van der Waals surface area contributed by atoms with Crippen molar-refractivity contribution in [2.24, 2.45) is 0 Å². The molecule has 1 atom stereocenters. The van der Waals surface area contributed by atoms with Crippen molar-refractivity contribution in [3.8, 4) is 33.4 Å². The van der Waals surface area contributed by atoms with E-state index in [4.69, 9.17) is 4.42 Å². The Balaban J connectivity index is 0.970. The lowest BCUT2D eigenvalue weighted by atomic mass is 9.81. The molecule has 0 saturated carbocycles. The van der Waals surface area contributed by atoms with Gasteiger partial charge in [-0.3, -0.25) is 0 Å². The van der Waals surface area contributed by atoms with E-state index >= 15 is 0 Å². The molecule has 0 fully saturated rings. The molecule has 0 spiro atoms. The molecule has 1 aromatic heterocycles. The van der Waals surface area contributed by atoms with Gasteiger partial charge in [0.15, 0.2) is 0 Å². The molecular weight excluding hydrogens is 643 g/mol. The van der Waals surface area contributed by atoms with Gasteiger partial charge < -0.3 is 9.32 Å². The van der Waals surface area contributed by atoms with Gasteiger partial charge >= 0.3 is 0 Å². The van der Waals surface area contributed by atoms with E-state index in [-0.39, 0.29) is 5.41 Å². The molecule has 0 amide bonds. The maximum atomic E-state index is 6.49. The average molecular weight is 682 g/mol. The summed E-state index contributed by atoms with van der Waals surface area (Å²) in [5, 5.41) is 2.33. The fourth-order valence-electron chi connectivity index (χ4n) is 8.62. The van der Waals surface area contributed by atoms with E-state index in [9.17, 15) is 0 Å². The van der Waals surface area contributed by atoms with Crippen LogP contribution in [0.4, 0.5) is 17.1 Å². The van der Waals surface area contributed by atoms with E-state index in [1.54, 1.807) is 0 Å². The third-order valence-corrected chi connectivity index (χ3v) is 11.4. The summed E-state index contributed by atoms with van der Waals surface area (Å²) in [5.41, 5.74) is 16.8. The number of furan rings is 1. The van der Waals surface area contributed by atoms with E-state index in [2.05, 4.69) is 201 Å². The predicted molar refractivity (Wildman–Crippen MR) is 222 cm³/mol. The Kier molecular flexibility index (Phi) is 7.33. The summed E-state index contributed by atoms with van der Waals surface area (Å²) in [7, 11) is 0. The van der Waals surface area contributed by atoms with Crippen molar-refractivity contribution in [1.82, 2.24) is 0 Å². The van der Waals surface area contributed by atoms with Crippen molar-refractivity contribution >= 4 is 39.0 Å². The lowest BCUT2D eigenvalue weighted by molar-refractivity contribution is 0.657. The van der Waals surface area contributed by atoms with Crippen LogP contribution in [0.2, 0.25) is 0 Å². The Labute approximate surface area is 311 Å². The van der Waals surface area contributed by atoms with Gasteiger partial charge in [0.25, 0.3) is 0 Å². The Morgan fingerprint density at radius 1 is 0.528 bits per heavy atom. The maximum Gasteiger partial charge on any atom is 0.139 e. The van der Waals surface area contributed by atoms with E-state index in [0.29, 0.717) is 5.92 Å². The van der Waals surface area contributed by atoms with E-state index in [1.165, 1.54) is 55.5 Å².